The molecule has 1 aromatic carbocycles. The van der Waals surface area contributed by atoms with Crippen molar-refractivity contribution in [2.75, 3.05) is 20.4 Å². The second-order valence-corrected chi connectivity index (χ2v) is 7.91. The Kier molecular flexibility index (Phi) is 5.23. The summed E-state index contributed by atoms with van der Waals surface area (Å²) >= 11 is 0. The molecule has 0 unspecified atom stereocenters. The van der Waals surface area contributed by atoms with E-state index in [0.29, 0.717) is 13.1 Å². The molecule has 6 heteroatoms. The molecule has 0 radical (unpaired) electrons. The van der Waals surface area contributed by atoms with Crippen LogP contribution in [0.5, 0.6) is 11.5 Å². The smallest absolute Gasteiger partial charge is 0.245 e. The second kappa shape index (κ2) is 7.79. The largest absolute Gasteiger partial charge is 0.454 e. The normalized spacial score (nSPS) is 22.1. The zero-order chi connectivity index (χ0) is 18.8. The van der Waals surface area contributed by atoms with Crippen molar-refractivity contribution in [3.8, 4) is 11.5 Å². The first-order valence-electron chi connectivity index (χ1n) is 10.1. The van der Waals surface area contributed by atoms with E-state index in [1.165, 1.54) is 6.42 Å². The van der Waals surface area contributed by atoms with Crippen LogP contribution in [0, 0.1) is 5.92 Å². The SMILES string of the molecule is CN(Cc1ccc2c(c1)OCO2)C(=O)[C@@H]1CCCN1C(=O)C1CCCCC1. The molecule has 3 aliphatic rings. The van der Waals surface area contributed by atoms with Crippen LogP contribution in [0.4, 0.5) is 0 Å². The zero-order valence-corrected chi connectivity index (χ0v) is 16.0. The van der Waals surface area contributed by atoms with Gasteiger partial charge in [-0.15, -0.1) is 0 Å². The molecule has 0 bridgehead atoms. The average Bonchev–Trinajstić information content (AvgIpc) is 3.36. The molecule has 6 nitrogen and oxygen atoms in total. The van der Waals surface area contributed by atoms with E-state index in [2.05, 4.69) is 0 Å². The van der Waals surface area contributed by atoms with E-state index in [4.69, 9.17) is 9.47 Å². The van der Waals surface area contributed by atoms with Crippen molar-refractivity contribution in [2.45, 2.75) is 57.5 Å². The summed E-state index contributed by atoms with van der Waals surface area (Å²) in [5.74, 6) is 1.82. The number of ether oxygens (including phenoxy) is 2. The maximum absolute atomic E-state index is 13.1. The number of likely N-dealkylation sites (N-methyl/N-ethyl adjacent to an activating group) is 1. The van der Waals surface area contributed by atoms with Crippen molar-refractivity contribution >= 4 is 11.8 Å². The Morgan fingerprint density at radius 1 is 1.07 bits per heavy atom. The third kappa shape index (κ3) is 3.75. The van der Waals surface area contributed by atoms with Gasteiger partial charge < -0.3 is 19.3 Å². The Morgan fingerprint density at radius 2 is 1.85 bits per heavy atom. The minimum atomic E-state index is -0.307. The monoisotopic (exact) mass is 372 g/mol. The topological polar surface area (TPSA) is 59.1 Å². The van der Waals surface area contributed by atoms with Gasteiger partial charge in [-0.3, -0.25) is 9.59 Å². The molecule has 1 aliphatic carbocycles. The molecule has 0 aromatic heterocycles. The van der Waals surface area contributed by atoms with Gasteiger partial charge in [0.05, 0.1) is 0 Å². The Balaban J connectivity index is 1.40. The van der Waals surface area contributed by atoms with Crippen LogP contribution in [-0.4, -0.2) is 48.0 Å². The first-order chi connectivity index (χ1) is 13.1. The number of carbonyl (C=O) groups excluding carboxylic acids is 2. The Morgan fingerprint density at radius 3 is 2.67 bits per heavy atom. The highest BCUT2D eigenvalue weighted by atomic mass is 16.7. The highest BCUT2D eigenvalue weighted by molar-refractivity contribution is 5.89. The molecular formula is C21H28N2O4. The lowest BCUT2D eigenvalue weighted by atomic mass is 9.88. The van der Waals surface area contributed by atoms with Gasteiger partial charge in [0.1, 0.15) is 6.04 Å². The molecule has 2 aliphatic heterocycles. The van der Waals surface area contributed by atoms with Gasteiger partial charge in [-0.2, -0.15) is 0 Å². The molecule has 2 amide bonds. The number of likely N-dealkylation sites (tertiary alicyclic amines) is 1. The second-order valence-electron chi connectivity index (χ2n) is 7.91. The third-order valence-electron chi connectivity index (χ3n) is 6.01. The summed E-state index contributed by atoms with van der Waals surface area (Å²) in [4.78, 5) is 29.6. The van der Waals surface area contributed by atoms with Gasteiger partial charge in [-0.05, 0) is 43.4 Å². The van der Waals surface area contributed by atoms with Crippen molar-refractivity contribution in [3.63, 3.8) is 0 Å². The lowest BCUT2D eigenvalue weighted by Crippen LogP contribution is -2.48. The maximum atomic E-state index is 13.1. The van der Waals surface area contributed by atoms with E-state index in [9.17, 15) is 9.59 Å². The summed E-state index contributed by atoms with van der Waals surface area (Å²) < 4.78 is 10.8. The molecule has 27 heavy (non-hydrogen) atoms. The summed E-state index contributed by atoms with van der Waals surface area (Å²) in [6, 6.07) is 5.45. The molecule has 1 saturated heterocycles. The van der Waals surface area contributed by atoms with Crippen LogP contribution in [0.15, 0.2) is 18.2 Å². The van der Waals surface area contributed by atoms with Gasteiger partial charge in [0.25, 0.3) is 0 Å². The van der Waals surface area contributed by atoms with E-state index >= 15 is 0 Å². The number of amides is 2. The molecule has 2 heterocycles. The number of benzene rings is 1. The summed E-state index contributed by atoms with van der Waals surface area (Å²) in [6.45, 7) is 1.45. The number of hydrogen-bond acceptors (Lipinski definition) is 4. The highest BCUT2D eigenvalue weighted by Crippen LogP contribution is 2.33. The lowest BCUT2D eigenvalue weighted by Gasteiger charge is -2.32. The van der Waals surface area contributed by atoms with E-state index in [0.717, 1.165) is 55.6 Å². The first kappa shape index (κ1) is 18.1. The molecular weight excluding hydrogens is 344 g/mol. The fraction of sp³-hybridized carbons (Fsp3) is 0.619. The van der Waals surface area contributed by atoms with Crippen molar-refractivity contribution in [2.24, 2.45) is 5.92 Å². The maximum Gasteiger partial charge on any atom is 0.245 e. The van der Waals surface area contributed by atoms with Crippen LogP contribution < -0.4 is 9.47 Å². The fourth-order valence-electron chi connectivity index (χ4n) is 4.52. The summed E-state index contributed by atoms with van der Waals surface area (Å²) in [7, 11) is 1.81. The van der Waals surface area contributed by atoms with Gasteiger partial charge >= 0.3 is 0 Å². The Hall–Kier alpha value is -2.24. The molecule has 0 spiro atoms. The quantitative estimate of drug-likeness (QED) is 0.815. The number of fused-ring (bicyclic) bond motifs is 1. The summed E-state index contributed by atoms with van der Waals surface area (Å²) in [5, 5.41) is 0. The van der Waals surface area contributed by atoms with Crippen LogP contribution in [0.3, 0.4) is 0 Å². The minimum absolute atomic E-state index is 0.0364. The van der Waals surface area contributed by atoms with Gasteiger partial charge in [-0.1, -0.05) is 25.3 Å². The molecule has 1 atom stereocenters. The van der Waals surface area contributed by atoms with Crippen LogP contribution in [0.1, 0.15) is 50.5 Å². The molecule has 4 rings (SSSR count). The van der Waals surface area contributed by atoms with E-state index in [1.54, 1.807) is 4.90 Å². The predicted molar refractivity (Wildman–Crippen MR) is 100 cm³/mol. The van der Waals surface area contributed by atoms with Crippen LogP contribution in [0.25, 0.3) is 0 Å². The van der Waals surface area contributed by atoms with Crippen LogP contribution in [-0.2, 0) is 16.1 Å². The number of rotatable bonds is 4. The van der Waals surface area contributed by atoms with Gasteiger partial charge in [0, 0.05) is 26.1 Å². The zero-order valence-electron chi connectivity index (χ0n) is 16.0. The van der Waals surface area contributed by atoms with Gasteiger partial charge in [-0.25, -0.2) is 0 Å². The van der Waals surface area contributed by atoms with E-state index in [-0.39, 0.29) is 30.6 Å². The highest BCUT2D eigenvalue weighted by Gasteiger charge is 2.38. The van der Waals surface area contributed by atoms with Crippen molar-refractivity contribution in [1.29, 1.82) is 0 Å². The van der Waals surface area contributed by atoms with E-state index in [1.807, 2.05) is 30.1 Å². The van der Waals surface area contributed by atoms with Crippen molar-refractivity contribution in [3.05, 3.63) is 23.8 Å². The van der Waals surface area contributed by atoms with E-state index < -0.39 is 0 Å². The predicted octanol–water partition coefficient (Wildman–Crippen LogP) is 2.95. The molecule has 2 fully saturated rings. The van der Waals surface area contributed by atoms with Crippen LogP contribution in [0.2, 0.25) is 0 Å². The molecule has 1 aromatic rings. The molecule has 146 valence electrons. The molecule has 0 N–H and O–H groups in total. The number of nitrogens with zero attached hydrogens (tertiary/aromatic N) is 2. The van der Waals surface area contributed by atoms with Crippen molar-refractivity contribution < 1.29 is 19.1 Å². The summed E-state index contributed by atoms with van der Waals surface area (Å²) in [5.41, 5.74) is 0.998. The minimum Gasteiger partial charge on any atom is -0.454 e. The number of hydrogen-bond donors (Lipinski definition) is 0. The fourth-order valence-corrected chi connectivity index (χ4v) is 4.52. The Labute approximate surface area is 160 Å². The summed E-state index contributed by atoms with van der Waals surface area (Å²) in [6.07, 6.45) is 7.12. The average molecular weight is 372 g/mol. The lowest BCUT2D eigenvalue weighted by molar-refractivity contribution is -0.146. The number of carbonyl (C=O) groups is 2. The van der Waals surface area contributed by atoms with Crippen LogP contribution >= 0.6 is 0 Å². The molecule has 1 saturated carbocycles. The third-order valence-corrected chi connectivity index (χ3v) is 6.01. The van der Waals surface area contributed by atoms with Gasteiger partial charge in [0.15, 0.2) is 11.5 Å². The standard InChI is InChI=1S/C21H28N2O4/c1-22(13-15-9-10-18-19(12-15)27-14-26-18)21(25)17-8-5-11-23(17)20(24)16-6-3-2-4-7-16/h9-10,12,16-17H,2-8,11,13-14H2,1H3/t17-/m0/s1. The first-order valence-corrected chi connectivity index (χ1v) is 10.1. The van der Waals surface area contributed by atoms with Crippen molar-refractivity contribution in [1.82, 2.24) is 9.80 Å². The van der Waals surface area contributed by atoms with Gasteiger partial charge in [0.2, 0.25) is 18.6 Å². The Bertz CT molecular complexity index is 714.